The lowest BCUT2D eigenvalue weighted by Crippen LogP contribution is -2.48. The van der Waals surface area contributed by atoms with Crippen molar-refractivity contribution in [3.8, 4) is 5.75 Å². The molecular weight excluding hydrogens is 338 g/mol. The van der Waals surface area contributed by atoms with Gasteiger partial charge >= 0.3 is 0 Å². The summed E-state index contributed by atoms with van der Waals surface area (Å²) in [6.45, 7) is 0. The molecule has 0 atom stereocenters. The molecule has 0 aliphatic heterocycles. The molecule has 0 aliphatic rings. The van der Waals surface area contributed by atoms with Crippen molar-refractivity contribution in [2.24, 2.45) is 0 Å². The topological polar surface area (TPSA) is 79.5 Å². The molecule has 7 heteroatoms. The van der Waals surface area contributed by atoms with Gasteiger partial charge < -0.3 is 4.74 Å². The normalized spacial score (nSPS) is 10.1. The van der Waals surface area contributed by atoms with Gasteiger partial charge in [-0.15, -0.1) is 0 Å². The third kappa shape index (κ3) is 6.08. The Balaban J connectivity index is 1.78. The van der Waals surface area contributed by atoms with Crippen LogP contribution in [0, 0.1) is 0 Å². The molecule has 0 heterocycles. The van der Waals surface area contributed by atoms with E-state index in [-0.39, 0.29) is 11.0 Å². The lowest BCUT2D eigenvalue weighted by molar-refractivity contribution is -0.115. The molecule has 0 bridgehead atoms. The standard InChI is InChI=1S/C18H17N3O3S/c1-24-15-10-7-13(8-11-15)9-12-16(22)19-18(25)21-20-17(23)14-5-3-2-4-6-14/h2-12H,1H3,(H,20,23)(H2,19,21,22,25)/b12-9+. The van der Waals surface area contributed by atoms with Gasteiger partial charge in [0.15, 0.2) is 5.11 Å². The van der Waals surface area contributed by atoms with E-state index in [0.717, 1.165) is 11.3 Å². The monoisotopic (exact) mass is 355 g/mol. The summed E-state index contributed by atoms with van der Waals surface area (Å²) in [5, 5.41) is 2.43. The third-order valence-electron chi connectivity index (χ3n) is 3.11. The molecular formula is C18H17N3O3S. The minimum atomic E-state index is -0.415. The summed E-state index contributed by atoms with van der Waals surface area (Å²) in [4.78, 5) is 23.6. The second-order valence-corrected chi connectivity index (χ2v) is 5.28. The molecule has 2 aromatic rings. The fourth-order valence-corrected chi connectivity index (χ4v) is 2.00. The number of hydrazine groups is 1. The van der Waals surface area contributed by atoms with Gasteiger partial charge in [-0.3, -0.25) is 25.8 Å². The van der Waals surface area contributed by atoms with Gasteiger partial charge in [0.25, 0.3) is 5.91 Å². The van der Waals surface area contributed by atoms with Crippen molar-refractivity contribution >= 4 is 35.2 Å². The Morgan fingerprint density at radius 1 is 1.00 bits per heavy atom. The molecule has 0 saturated heterocycles. The van der Waals surface area contributed by atoms with Crippen LogP contribution in [0.25, 0.3) is 6.08 Å². The first-order chi connectivity index (χ1) is 12.1. The van der Waals surface area contributed by atoms with Crippen LogP contribution >= 0.6 is 12.2 Å². The van der Waals surface area contributed by atoms with E-state index in [9.17, 15) is 9.59 Å². The van der Waals surface area contributed by atoms with Crippen molar-refractivity contribution in [3.63, 3.8) is 0 Å². The summed E-state index contributed by atoms with van der Waals surface area (Å²) in [5.41, 5.74) is 6.20. The van der Waals surface area contributed by atoms with E-state index in [1.807, 2.05) is 18.2 Å². The lowest BCUT2D eigenvalue weighted by atomic mass is 10.2. The molecule has 3 N–H and O–H groups in total. The van der Waals surface area contributed by atoms with Crippen LogP contribution in [0.5, 0.6) is 5.75 Å². The molecule has 2 aromatic carbocycles. The zero-order valence-electron chi connectivity index (χ0n) is 13.5. The number of carbonyl (C=O) groups excluding carboxylic acids is 2. The van der Waals surface area contributed by atoms with Crippen LogP contribution in [0.3, 0.4) is 0 Å². The van der Waals surface area contributed by atoms with Crippen molar-refractivity contribution in [2.45, 2.75) is 0 Å². The summed E-state index contributed by atoms with van der Waals surface area (Å²) in [6, 6.07) is 15.9. The van der Waals surface area contributed by atoms with Crippen molar-refractivity contribution in [3.05, 3.63) is 71.8 Å². The maximum Gasteiger partial charge on any atom is 0.269 e. The molecule has 2 rings (SSSR count). The first kappa shape index (κ1) is 18.2. The highest BCUT2D eigenvalue weighted by Gasteiger charge is 2.05. The molecule has 0 aromatic heterocycles. The summed E-state index contributed by atoms with van der Waals surface area (Å²) in [5.74, 6) is -0.0330. The second-order valence-electron chi connectivity index (χ2n) is 4.87. The molecule has 25 heavy (non-hydrogen) atoms. The number of rotatable bonds is 4. The highest BCUT2D eigenvalue weighted by molar-refractivity contribution is 7.80. The minimum Gasteiger partial charge on any atom is -0.497 e. The zero-order valence-corrected chi connectivity index (χ0v) is 14.3. The van der Waals surface area contributed by atoms with Crippen molar-refractivity contribution < 1.29 is 14.3 Å². The fourth-order valence-electron chi connectivity index (χ4n) is 1.85. The molecule has 0 radical (unpaired) electrons. The van der Waals surface area contributed by atoms with Crippen LogP contribution in [0.15, 0.2) is 60.7 Å². The van der Waals surface area contributed by atoms with Crippen LogP contribution in [0.1, 0.15) is 15.9 Å². The molecule has 2 amide bonds. The summed E-state index contributed by atoms with van der Waals surface area (Å²) >= 11 is 4.95. The van der Waals surface area contributed by atoms with E-state index < -0.39 is 5.91 Å². The Morgan fingerprint density at radius 2 is 1.68 bits per heavy atom. The number of hydrogen-bond acceptors (Lipinski definition) is 4. The van der Waals surface area contributed by atoms with Gasteiger partial charge in [0.2, 0.25) is 5.91 Å². The SMILES string of the molecule is COc1ccc(/C=C/C(=O)NC(=S)NNC(=O)c2ccccc2)cc1. The molecule has 6 nitrogen and oxygen atoms in total. The Hall–Kier alpha value is -3.19. The maximum absolute atomic E-state index is 11.8. The minimum absolute atomic E-state index is 0.00587. The van der Waals surface area contributed by atoms with Gasteiger partial charge in [0.05, 0.1) is 7.11 Å². The van der Waals surface area contributed by atoms with E-state index in [4.69, 9.17) is 17.0 Å². The smallest absolute Gasteiger partial charge is 0.269 e. The van der Waals surface area contributed by atoms with Gasteiger partial charge in [-0.2, -0.15) is 0 Å². The molecule has 128 valence electrons. The van der Waals surface area contributed by atoms with E-state index in [0.29, 0.717) is 5.56 Å². The molecule has 0 aliphatic carbocycles. The predicted octanol–water partition coefficient (Wildman–Crippen LogP) is 2.04. The van der Waals surface area contributed by atoms with Crippen molar-refractivity contribution in [2.75, 3.05) is 7.11 Å². The van der Waals surface area contributed by atoms with Crippen molar-refractivity contribution in [1.82, 2.24) is 16.2 Å². The Morgan fingerprint density at radius 3 is 2.32 bits per heavy atom. The Bertz CT molecular complexity index is 774. The number of methoxy groups -OCH3 is 1. The highest BCUT2D eigenvalue weighted by atomic mass is 32.1. The van der Waals surface area contributed by atoms with Gasteiger partial charge in [-0.1, -0.05) is 30.3 Å². The van der Waals surface area contributed by atoms with Gasteiger partial charge in [0, 0.05) is 11.6 Å². The van der Waals surface area contributed by atoms with E-state index in [1.54, 1.807) is 49.6 Å². The van der Waals surface area contributed by atoms with Crippen LogP contribution < -0.4 is 20.9 Å². The fraction of sp³-hybridized carbons (Fsp3) is 0.0556. The number of amides is 2. The van der Waals surface area contributed by atoms with Crippen LogP contribution in [0.2, 0.25) is 0 Å². The first-order valence-electron chi connectivity index (χ1n) is 7.37. The maximum atomic E-state index is 11.8. The number of hydrogen-bond donors (Lipinski definition) is 3. The Labute approximate surface area is 150 Å². The number of nitrogens with one attached hydrogen (secondary N) is 3. The first-order valence-corrected chi connectivity index (χ1v) is 7.78. The number of carbonyl (C=O) groups is 2. The third-order valence-corrected chi connectivity index (χ3v) is 3.31. The van der Waals surface area contributed by atoms with Crippen molar-refractivity contribution in [1.29, 1.82) is 0 Å². The number of thiocarbonyl (C=S) groups is 1. The lowest BCUT2D eigenvalue weighted by Gasteiger charge is -2.09. The van der Waals surface area contributed by atoms with E-state index in [2.05, 4.69) is 16.2 Å². The molecule has 0 unspecified atom stereocenters. The largest absolute Gasteiger partial charge is 0.497 e. The summed E-state index contributed by atoms with van der Waals surface area (Å²) < 4.78 is 5.06. The molecule has 0 fully saturated rings. The highest BCUT2D eigenvalue weighted by Crippen LogP contribution is 2.12. The predicted molar refractivity (Wildman–Crippen MR) is 99.8 cm³/mol. The quantitative estimate of drug-likeness (QED) is 0.444. The van der Waals surface area contributed by atoms with E-state index >= 15 is 0 Å². The van der Waals surface area contributed by atoms with E-state index in [1.165, 1.54) is 6.08 Å². The zero-order chi connectivity index (χ0) is 18.1. The van der Waals surface area contributed by atoms with Crippen LogP contribution in [0.4, 0.5) is 0 Å². The molecule has 0 spiro atoms. The average molecular weight is 355 g/mol. The number of ether oxygens (including phenoxy) is 1. The summed E-state index contributed by atoms with van der Waals surface area (Å²) in [7, 11) is 1.59. The van der Waals surface area contributed by atoms with Gasteiger partial charge in [0.1, 0.15) is 5.75 Å². The summed E-state index contributed by atoms with van der Waals surface area (Å²) in [6.07, 6.45) is 2.98. The number of benzene rings is 2. The van der Waals surface area contributed by atoms with Crippen LogP contribution in [-0.2, 0) is 4.79 Å². The average Bonchev–Trinajstić information content (AvgIpc) is 2.65. The van der Waals surface area contributed by atoms with Gasteiger partial charge in [-0.25, -0.2) is 0 Å². The second kappa shape index (κ2) is 9.19. The Kier molecular flexibility index (Phi) is 6.67. The molecule has 0 saturated carbocycles. The van der Waals surface area contributed by atoms with Crippen LogP contribution in [-0.4, -0.2) is 24.0 Å². The van der Waals surface area contributed by atoms with Gasteiger partial charge in [-0.05, 0) is 48.1 Å².